The molecule has 1 N–H and O–H groups in total. The van der Waals surface area contributed by atoms with Gasteiger partial charge < -0.3 is 10.1 Å². The molecule has 160 valence electrons. The Morgan fingerprint density at radius 3 is 2.47 bits per heavy atom. The Bertz CT molecular complexity index is 1050. The molecule has 0 aliphatic heterocycles. The summed E-state index contributed by atoms with van der Waals surface area (Å²) in [6.45, 7) is 3.82. The summed E-state index contributed by atoms with van der Waals surface area (Å²) >= 11 is 0. The van der Waals surface area contributed by atoms with Gasteiger partial charge >= 0.3 is 6.18 Å². The van der Waals surface area contributed by atoms with Crippen LogP contribution in [0.5, 0.6) is 5.75 Å². The van der Waals surface area contributed by atoms with E-state index in [1.807, 2.05) is 24.3 Å². The molecule has 0 aliphatic carbocycles. The Hall–Kier alpha value is -3.17. The number of halogens is 3. The van der Waals surface area contributed by atoms with Gasteiger partial charge in [0, 0.05) is 24.4 Å². The number of nitrogens with zero attached hydrogens (tertiary/aromatic N) is 4. The average Bonchev–Trinajstić information content (AvgIpc) is 3.13. The van der Waals surface area contributed by atoms with Crippen LogP contribution in [-0.2, 0) is 23.8 Å². The van der Waals surface area contributed by atoms with Crippen LogP contribution in [0.1, 0.15) is 34.8 Å². The van der Waals surface area contributed by atoms with Gasteiger partial charge in [-0.3, -0.25) is 4.79 Å². The van der Waals surface area contributed by atoms with Crippen molar-refractivity contribution in [1.29, 1.82) is 0 Å². The first-order valence-corrected chi connectivity index (χ1v) is 9.38. The number of carbonyl (C=O) groups is 1. The van der Waals surface area contributed by atoms with Crippen molar-refractivity contribution in [3.63, 3.8) is 0 Å². The van der Waals surface area contributed by atoms with Crippen LogP contribution in [0.2, 0.25) is 0 Å². The number of benzene rings is 1. The molecule has 0 atom stereocenters. The second-order valence-corrected chi connectivity index (χ2v) is 6.85. The standard InChI is InChI=1S/C20H22F3N5O2/c1-12-16(13(2)28-19(25-12)26-18(27-28)20(21,22)23)8-9-17(29)24-11-10-14-4-6-15(30-3)7-5-14/h4-7H,8-11H2,1-3H3,(H,24,29). The second-order valence-electron chi connectivity index (χ2n) is 6.85. The summed E-state index contributed by atoms with van der Waals surface area (Å²) in [4.78, 5) is 19.8. The van der Waals surface area contributed by atoms with E-state index in [1.165, 1.54) is 0 Å². The maximum Gasteiger partial charge on any atom is 0.453 e. The van der Waals surface area contributed by atoms with Gasteiger partial charge in [0.05, 0.1) is 7.11 Å². The molecule has 1 aromatic carbocycles. The summed E-state index contributed by atoms with van der Waals surface area (Å²) in [6, 6.07) is 7.60. The minimum atomic E-state index is -4.64. The third-order valence-electron chi connectivity index (χ3n) is 4.80. The van der Waals surface area contributed by atoms with Crippen molar-refractivity contribution in [3.05, 3.63) is 52.6 Å². The number of methoxy groups -OCH3 is 1. The largest absolute Gasteiger partial charge is 0.497 e. The number of aromatic nitrogens is 4. The number of fused-ring (bicyclic) bond motifs is 1. The number of alkyl halides is 3. The third-order valence-corrected chi connectivity index (χ3v) is 4.80. The number of ether oxygens (including phenoxy) is 1. The molecule has 2 aromatic heterocycles. The summed E-state index contributed by atoms with van der Waals surface area (Å²) in [5.41, 5.74) is 2.79. The zero-order chi connectivity index (χ0) is 21.9. The van der Waals surface area contributed by atoms with Crippen LogP contribution in [0.3, 0.4) is 0 Å². The fourth-order valence-electron chi connectivity index (χ4n) is 3.16. The number of aryl methyl sites for hydroxylation is 2. The molecule has 3 aromatic rings. The number of hydrogen-bond acceptors (Lipinski definition) is 5. The lowest BCUT2D eigenvalue weighted by Gasteiger charge is -2.10. The van der Waals surface area contributed by atoms with E-state index < -0.39 is 12.0 Å². The number of hydrogen-bond donors (Lipinski definition) is 1. The van der Waals surface area contributed by atoms with Crippen LogP contribution < -0.4 is 10.1 Å². The van der Waals surface area contributed by atoms with Crippen molar-refractivity contribution in [2.75, 3.05) is 13.7 Å². The lowest BCUT2D eigenvalue weighted by molar-refractivity contribution is -0.144. The molecule has 10 heteroatoms. The van der Waals surface area contributed by atoms with Gasteiger partial charge in [0.2, 0.25) is 5.91 Å². The predicted molar refractivity (Wildman–Crippen MR) is 103 cm³/mol. The van der Waals surface area contributed by atoms with E-state index in [0.717, 1.165) is 15.8 Å². The summed E-state index contributed by atoms with van der Waals surface area (Å²) in [5.74, 6) is -0.707. The van der Waals surface area contributed by atoms with Crippen molar-refractivity contribution in [3.8, 4) is 5.75 Å². The lowest BCUT2D eigenvalue weighted by Crippen LogP contribution is -2.26. The predicted octanol–water partition coefficient (Wildman–Crippen LogP) is 3.06. The first-order chi connectivity index (χ1) is 14.2. The molecule has 0 saturated carbocycles. The molecule has 0 bridgehead atoms. The second kappa shape index (κ2) is 8.68. The van der Waals surface area contributed by atoms with Crippen LogP contribution in [0, 0.1) is 13.8 Å². The van der Waals surface area contributed by atoms with E-state index in [1.54, 1.807) is 21.0 Å². The number of rotatable bonds is 7. The minimum absolute atomic E-state index is 0.106. The zero-order valence-electron chi connectivity index (χ0n) is 16.9. The first-order valence-electron chi connectivity index (χ1n) is 9.38. The smallest absolute Gasteiger partial charge is 0.453 e. The summed E-state index contributed by atoms with van der Waals surface area (Å²) in [5, 5.41) is 6.37. The van der Waals surface area contributed by atoms with Gasteiger partial charge in [-0.1, -0.05) is 12.1 Å². The van der Waals surface area contributed by atoms with Crippen molar-refractivity contribution in [1.82, 2.24) is 24.9 Å². The average molecular weight is 421 g/mol. The van der Waals surface area contributed by atoms with Crippen molar-refractivity contribution >= 4 is 11.7 Å². The number of carbonyl (C=O) groups excluding carboxylic acids is 1. The fraction of sp³-hybridized carbons (Fsp3) is 0.400. The fourth-order valence-corrected chi connectivity index (χ4v) is 3.16. The molecular weight excluding hydrogens is 399 g/mol. The highest BCUT2D eigenvalue weighted by Crippen LogP contribution is 2.27. The van der Waals surface area contributed by atoms with E-state index in [9.17, 15) is 18.0 Å². The molecule has 1 amide bonds. The van der Waals surface area contributed by atoms with Gasteiger partial charge in [-0.15, -0.1) is 5.10 Å². The van der Waals surface area contributed by atoms with Gasteiger partial charge in [0.25, 0.3) is 11.6 Å². The monoisotopic (exact) mass is 421 g/mol. The minimum Gasteiger partial charge on any atom is -0.497 e. The number of nitrogens with one attached hydrogen (secondary N) is 1. The Balaban J connectivity index is 1.59. The van der Waals surface area contributed by atoms with Crippen LogP contribution in [0.25, 0.3) is 5.78 Å². The molecule has 3 rings (SSSR count). The highest BCUT2D eigenvalue weighted by Gasteiger charge is 2.36. The van der Waals surface area contributed by atoms with E-state index in [-0.39, 0.29) is 18.1 Å². The molecule has 0 spiro atoms. The Kier molecular flexibility index (Phi) is 6.23. The van der Waals surface area contributed by atoms with Crippen LogP contribution in [0.4, 0.5) is 13.2 Å². The van der Waals surface area contributed by atoms with E-state index in [4.69, 9.17) is 4.74 Å². The van der Waals surface area contributed by atoms with Crippen molar-refractivity contribution < 1.29 is 22.7 Å². The van der Waals surface area contributed by atoms with Crippen LogP contribution in [-0.4, -0.2) is 39.1 Å². The lowest BCUT2D eigenvalue weighted by atomic mass is 10.1. The van der Waals surface area contributed by atoms with E-state index in [2.05, 4.69) is 20.4 Å². The number of amides is 1. The van der Waals surface area contributed by atoms with Gasteiger partial charge in [-0.2, -0.15) is 18.2 Å². The Morgan fingerprint density at radius 1 is 1.13 bits per heavy atom. The molecule has 0 saturated heterocycles. The molecule has 0 radical (unpaired) electrons. The maximum atomic E-state index is 12.9. The quantitative estimate of drug-likeness (QED) is 0.634. The van der Waals surface area contributed by atoms with E-state index >= 15 is 0 Å². The summed E-state index contributed by atoms with van der Waals surface area (Å²) in [7, 11) is 1.60. The van der Waals surface area contributed by atoms with Crippen LogP contribution in [0.15, 0.2) is 24.3 Å². The van der Waals surface area contributed by atoms with E-state index in [0.29, 0.717) is 36.3 Å². The molecule has 0 aliphatic rings. The van der Waals surface area contributed by atoms with Crippen molar-refractivity contribution in [2.24, 2.45) is 0 Å². The molecular formula is C20H22F3N5O2. The van der Waals surface area contributed by atoms with Crippen molar-refractivity contribution in [2.45, 2.75) is 39.3 Å². The van der Waals surface area contributed by atoms with Gasteiger partial charge in [0.1, 0.15) is 5.75 Å². The highest BCUT2D eigenvalue weighted by atomic mass is 19.4. The van der Waals surface area contributed by atoms with Gasteiger partial charge in [-0.25, -0.2) is 9.50 Å². The summed E-state index contributed by atoms with van der Waals surface area (Å²) in [6.07, 6.45) is -3.42. The topological polar surface area (TPSA) is 81.4 Å². The maximum absolute atomic E-state index is 12.9. The Labute approximate surface area is 171 Å². The van der Waals surface area contributed by atoms with Gasteiger partial charge in [0.15, 0.2) is 0 Å². The highest BCUT2D eigenvalue weighted by molar-refractivity contribution is 5.76. The normalized spacial score (nSPS) is 11.7. The molecule has 2 heterocycles. The molecule has 0 fully saturated rings. The molecule has 7 nitrogen and oxygen atoms in total. The van der Waals surface area contributed by atoms with Gasteiger partial charge in [-0.05, 0) is 49.9 Å². The molecule has 30 heavy (non-hydrogen) atoms. The first kappa shape index (κ1) is 21.5. The molecule has 0 unspecified atom stereocenters. The third kappa shape index (κ3) is 4.87. The Morgan fingerprint density at radius 2 is 1.83 bits per heavy atom. The zero-order valence-corrected chi connectivity index (χ0v) is 16.9. The summed E-state index contributed by atoms with van der Waals surface area (Å²) < 4.78 is 44.8. The SMILES string of the molecule is COc1ccc(CCNC(=O)CCc2c(C)nc3nc(C(F)(F)F)nn3c2C)cc1. The van der Waals surface area contributed by atoms with Crippen LogP contribution >= 0.6 is 0 Å².